The van der Waals surface area contributed by atoms with Gasteiger partial charge in [0.2, 0.25) is 5.91 Å². The van der Waals surface area contributed by atoms with Crippen molar-refractivity contribution in [1.29, 1.82) is 0 Å². The molecule has 8 heteroatoms. The summed E-state index contributed by atoms with van der Waals surface area (Å²) in [4.78, 5) is 33.1. The fraction of sp³-hybridized carbons (Fsp3) is 0.517. The lowest BCUT2D eigenvalue weighted by atomic mass is 10.0. The number of carbonyl (C=O) groups excluding carboxylic acids is 2. The number of piperidine rings is 1. The summed E-state index contributed by atoms with van der Waals surface area (Å²) >= 11 is 12.5. The molecule has 0 radical (unpaired) electrons. The zero-order chi connectivity index (χ0) is 26.3. The Morgan fingerprint density at radius 3 is 2.38 bits per heavy atom. The number of amides is 2. The number of benzene rings is 2. The van der Waals surface area contributed by atoms with Crippen molar-refractivity contribution < 1.29 is 14.3 Å². The van der Waals surface area contributed by atoms with Gasteiger partial charge in [0.1, 0.15) is 6.61 Å². The summed E-state index contributed by atoms with van der Waals surface area (Å²) in [5.41, 5.74) is 3.64. The third kappa shape index (κ3) is 5.53. The number of aryl methyl sites for hydroxylation is 2. The van der Waals surface area contributed by atoms with Crippen LogP contribution in [0, 0.1) is 19.8 Å². The van der Waals surface area contributed by atoms with Crippen molar-refractivity contribution in [2.75, 3.05) is 39.3 Å². The number of hydrogen-bond acceptors (Lipinski definition) is 4. The molecule has 2 amide bonds. The molecule has 1 saturated carbocycles. The van der Waals surface area contributed by atoms with Crippen LogP contribution in [0.5, 0.6) is 0 Å². The second-order valence-electron chi connectivity index (χ2n) is 10.7. The summed E-state index contributed by atoms with van der Waals surface area (Å²) in [5, 5.41) is 0.894. The molecule has 3 fully saturated rings. The number of ether oxygens (including phenoxy) is 1. The van der Waals surface area contributed by atoms with Gasteiger partial charge in [-0.2, -0.15) is 0 Å². The summed E-state index contributed by atoms with van der Waals surface area (Å²) < 4.78 is 6.20. The molecule has 198 valence electrons. The molecule has 37 heavy (non-hydrogen) atoms. The van der Waals surface area contributed by atoms with E-state index in [-0.39, 0.29) is 30.6 Å². The molecule has 0 spiro atoms. The minimum Gasteiger partial charge on any atom is -0.368 e. The zero-order valence-corrected chi connectivity index (χ0v) is 23.3. The quantitative estimate of drug-likeness (QED) is 0.506. The van der Waals surface area contributed by atoms with E-state index in [1.54, 1.807) is 12.1 Å². The maximum Gasteiger partial charge on any atom is 0.254 e. The minimum absolute atomic E-state index is 0.0253. The van der Waals surface area contributed by atoms with E-state index in [9.17, 15) is 9.59 Å². The van der Waals surface area contributed by atoms with Gasteiger partial charge in [-0.25, -0.2) is 0 Å². The third-order valence-corrected chi connectivity index (χ3v) is 8.94. The molecule has 0 N–H and O–H groups in total. The van der Waals surface area contributed by atoms with E-state index in [1.165, 1.54) is 0 Å². The van der Waals surface area contributed by atoms with Crippen molar-refractivity contribution >= 4 is 35.0 Å². The predicted octanol–water partition coefficient (Wildman–Crippen LogP) is 5.14. The van der Waals surface area contributed by atoms with E-state index >= 15 is 0 Å². The molecule has 6 nitrogen and oxygen atoms in total. The standard InChI is InChI=1S/C29H35Cl2N3O3/c1-4-32-15-22-12-23(32)14-27(22)37-17-28(35)34-8-7-33(29(36)21-10-18(2)9-19(3)11-21)16-26(34)20-5-6-24(30)25(31)13-20/h5-6,9-11,13,22-23,26-27H,4,7-8,12,14-17H2,1-3H3. The Bertz CT molecular complexity index is 1170. The molecule has 0 aromatic heterocycles. The van der Waals surface area contributed by atoms with Crippen LogP contribution in [0.4, 0.5) is 0 Å². The van der Waals surface area contributed by atoms with Crippen LogP contribution in [0.3, 0.4) is 0 Å². The molecule has 2 aromatic rings. The molecule has 2 aromatic carbocycles. The van der Waals surface area contributed by atoms with E-state index in [4.69, 9.17) is 27.9 Å². The SMILES string of the molecule is CCN1CC2CC1CC2OCC(=O)N1CCN(C(=O)c2cc(C)cc(C)c2)CC1c1ccc(Cl)c(Cl)c1. The molecular weight excluding hydrogens is 509 g/mol. The van der Waals surface area contributed by atoms with Gasteiger partial charge in [0.05, 0.1) is 22.2 Å². The highest BCUT2D eigenvalue weighted by atomic mass is 35.5. The van der Waals surface area contributed by atoms with Crippen LogP contribution in [-0.2, 0) is 9.53 Å². The van der Waals surface area contributed by atoms with Gasteiger partial charge < -0.3 is 19.4 Å². The monoisotopic (exact) mass is 543 g/mol. The van der Waals surface area contributed by atoms with E-state index in [0.29, 0.717) is 47.2 Å². The number of nitrogens with zero attached hydrogens (tertiary/aromatic N) is 3. The highest BCUT2D eigenvalue weighted by molar-refractivity contribution is 6.42. The Labute approximate surface area is 229 Å². The van der Waals surface area contributed by atoms with Crippen molar-refractivity contribution in [3.05, 3.63) is 68.7 Å². The first-order valence-electron chi connectivity index (χ1n) is 13.2. The van der Waals surface area contributed by atoms with Crippen LogP contribution in [0.25, 0.3) is 0 Å². The molecule has 2 bridgehead atoms. The van der Waals surface area contributed by atoms with Gasteiger partial charge in [0.15, 0.2) is 0 Å². The number of piperazine rings is 1. The van der Waals surface area contributed by atoms with Gasteiger partial charge in [-0.3, -0.25) is 9.59 Å². The van der Waals surface area contributed by atoms with Gasteiger partial charge >= 0.3 is 0 Å². The summed E-state index contributed by atoms with van der Waals surface area (Å²) in [5.74, 6) is 0.434. The molecule has 2 aliphatic heterocycles. The van der Waals surface area contributed by atoms with E-state index in [2.05, 4.69) is 17.9 Å². The molecule has 1 aliphatic carbocycles. The van der Waals surface area contributed by atoms with Gasteiger partial charge in [-0.1, -0.05) is 53.4 Å². The van der Waals surface area contributed by atoms with Gasteiger partial charge in [0.25, 0.3) is 5.91 Å². The molecule has 2 heterocycles. The lowest BCUT2D eigenvalue weighted by Gasteiger charge is -2.42. The van der Waals surface area contributed by atoms with Crippen LogP contribution in [0.1, 0.15) is 52.9 Å². The summed E-state index contributed by atoms with van der Waals surface area (Å²) in [6.07, 6.45) is 2.31. The van der Waals surface area contributed by atoms with Gasteiger partial charge in [-0.15, -0.1) is 0 Å². The first kappa shape index (κ1) is 26.5. The van der Waals surface area contributed by atoms with Gasteiger partial charge in [0, 0.05) is 37.8 Å². The fourth-order valence-electron chi connectivity index (χ4n) is 6.40. The number of fused-ring (bicyclic) bond motifs is 2. The Morgan fingerprint density at radius 1 is 0.973 bits per heavy atom. The molecular formula is C29H35Cl2N3O3. The van der Waals surface area contributed by atoms with E-state index in [1.807, 2.05) is 41.8 Å². The molecule has 4 unspecified atom stereocenters. The maximum absolute atomic E-state index is 13.5. The van der Waals surface area contributed by atoms with Crippen molar-refractivity contribution in [3.8, 4) is 0 Å². The normalized spacial score (nSPS) is 25.6. The average molecular weight is 545 g/mol. The summed E-state index contributed by atoms with van der Waals surface area (Å²) in [7, 11) is 0. The second-order valence-corrected chi connectivity index (χ2v) is 11.5. The van der Waals surface area contributed by atoms with E-state index in [0.717, 1.165) is 42.6 Å². The van der Waals surface area contributed by atoms with Crippen molar-refractivity contribution in [2.24, 2.45) is 5.92 Å². The van der Waals surface area contributed by atoms with Crippen LogP contribution in [0.2, 0.25) is 10.0 Å². The number of carbonyl (C=O) groups is 2. The lowest BCUT2D eigenvalue weighted by Crippen LogP contribution is -2.53. The van der Waals surface area contributed by atoms with Crippen LogP contribution < -0.4 is 0 Å². The molecule has 3 aliphatic rings. The lowest BCUT2D eigenvalue weighted by molar-refractivity contribution is -0.144. The third-order valence-electron chi connectivity index (χ3n) is 8.20. The van der Waals surface area contributed by atoms with Gasteiger partial charge in [-0.05, 0) is 69.0 Å². The Balaban J connectivity index is 1.31. The van der Waals surface area contributed by atoms with E-state index < -0.39 is 0 Å². The maximum atomic E-state index is 13.5. The Kier molecular flexibility index (Phi) is 7.83. The second kappa shape index (κ2) is 10.9. The van der Waals surface area contributed by atoms with Crippen LogP contribution >= 0.6 is 23.2 Å². The number of rotatable bonds is 6. The predicted molar refractivity (Wildman–Crippen MR) is 146 cm³/mol. The van der Waals surface area contributed by atoms with Crippen molar-refractivity contribution in [3.63, 3.8) is 0 Å². The smallest absolute Gasteiger partial charge is 0.254 e. The fourth-order valence-corrected chi connectivity index (χ4v) is 6.71. The highest BCUT2D eigenvalue weighted by Crippen LogP contribution is 2.39. The summed E-state index contributed by atoms with van der Waals surface area (Å²) in [6.45, 7) is 9.67. The summed E-state index contributed by atoms with van der Waals surface area (Å²) in [6, 6.07) is 11.6. The molecule has 4 atom stereocenters. The Morgan fingerprint density at radius 2 is 1.73 bits per heavy atom. The average Bonchev–Trinajstić information content (AvgIpc) is 3.48. The first-order valence-corrected chi connectivity index (χ1v) is 14.0. The van der Waals surface area contributed by atoms with Crippen LogP contribution in [0.15, 0.2) is 36.4 Å². The van der Waals surface area contributed by atoms with Crippen LogP contribution in [-0.4, -0.2) is 78.0 Å². The zero-order valence-electron chi connectivity index (χ0n) is 21.8. The number of likely N-dealkylation sites (tertiary alicyclic amines) is 1. The topological polar surface area (TPSA) is 53.1 Å². The number of halogens is 2. The highest BCUT2D eigenvalue weighted by Gasteiger charge is 2.45. The number of hydrogen-bond donors (Lipinski definition) is 0. The molecule has 5 rings (SSSR count). The molecule has 2 saturated heterocycles. The largest absolute Gasteiger partial charge is 0.368 e. The Hall–Kier alpha value is -2.12. The first-order chi connectivity index (χ1) is 17.7. The van der Waals surface area contributed by atoms with Crippen molar-refractivity contribution in [2.45, 2.75) is 51.8 Å². The minimum atomic E-state index is -0.329. The van der Waals surface area contributed by atoms with Crippen molar-refractivity contribution in [1.82, 2.24) is 14.7 Å².